The summed E-state index contributed by atoms with van der Waals surface area (Å²) in [4.78, 5) is 74.6. The number of phenols is 1. The second-order valence-electron chi connectivity index (χ2n) is 8.64. The van der Waals surface area contributed by atoms with Crippen LogP contribution in [0.2, 0.25) is 0 Å². The highest BCUT2D eigenvalue weighted by molar-refractivity contribution is 7.66. The number of hydrogen-bond donors (Lipinski definition) is 8. The lowest BCUT2D eigenvalue weighted by Gasteiger charge is -2.19. The molecule has 1 aliphatic rings. The Bertz CT molecular complexity index is 1630. The van der Waals surface area contributed by atoms with Gasteiger partial charge in [0, 0.05) is 25.2 Å². The summed E-state index contributed by atoms with van der Waals surface area (Å²) in [5, 5.41) is 22.1. The van der Waals surface area contributed by atoms with E-state index in [1.807, 2.05) is 0 Å². The Hall–Kier alpha value is -3.02. The second-order valence-corrected chi connectivity index (χ2v) is 13.1. The first-order valence-corrected chi connectivity index (χ1v) is 16.3. The van der Waals surface area contributed by atoms with Gasteiger partial charge in [-0.05, 0) is 23.8 Å². The number of nitrogens with one attached hydrogen (secondary N) is 2. The number of rotatable bonds is 13. The van der Waals surface area contributed by atoms with Gasteiger partial charge in [0.2, 0.25) is 5.91 Å². The minimum atomic E-state index is -5.75. The van der Waals surface area contributed by atoms with Gasteiger partial charge in [0.25, 0.3) is 5.56 Å². The molecule has 8 N–H and O–H groups in total. The highest BCUT2D eigenvalue weighted by Crippen LogP contribution is 2.66. The lowest BCUT2D eigenvalue weighted by Crippen LogP contribution is -2.33. The lowest BCUT2D eigenvalue weighted by atomic mass is 10.2. The number of nitrogens with zero attached hydrogens (tertiary/aromatic N) is 1. The van der Waals surface area contributed by atoms with Crippen LogP contribution in [0.3, 0.4) is 0 Å². The molecule has 43 heavy (non-hydrogen) atoms. The van der Waals surface area contributed by atoms with Gasteiger partial charge in [-0.25, -0.2) is 18.5 Å². The third kappa shape index (κ3) is 11.2. The number of aromatic amines is 1. The Morgan fingerprint density at radius 3 is 2.40 bits per heavy atom. The summed E-state index contributed by atoms with van der Waals surface area (Å²) in [5.41, 5.74) is -1.07. The van der Waals surface area contributed by atoms with E-state index in [-0.39, 0.29) is 24.3 Å². The lowest BCUT2D eigenvalue weighted by molar-refractivity contribution is -0.116. The number of aromatic hydroxyl groups is 1. The van der Waals surface area contributed by atoms with Crippen LogP contribution in [0.15, 0.2) is 52.2 Å². The molecular formula is C21H26N3O16P3. The number of benzene rings is 1. The van der Waals surface area contributed by atoms with Gasteiger partial charge >= 0.3 is 29.2 Å². The van der Waals surface area contributed by atoms with Crippen molar-refractivity contribution in [3.05, 3.63) is 74.6 Å². The van der Waals surface area contributed by atoms with E-state index < -0.39 is 65.7 Å². The van der Waals surface area contributed by atoms with Crippen molar-refractivity contribution in [2.75, 3.05) is 13.2 Å². The summed E-state index contributed by atoms with van der Waals surface area (Å²) in [6, 6.07) is 6.12. The first kappa shape index (κ1) is 34.5. The molecule has 5 atom stereocenters. The third-order valence-electron chi connectivity index (χ3n) is 5.34. The molecule has 2 aromatic rings. The smallest absolute Gasteiger partial charge is 0.490 e. The zero-order valence-electron chi connectivity index (χ0n) is 21.6. The number of aromatic nitrogens is 2. The van der Waals surface area contributed by atoms with E-state index >= 15 is 0 Å². The quantitative estimate of drug-likeness (QED) is 0.103. The number of ether oxygens (including phenoxy) is 1. The first-order chi connectivity index (χ1) is 19.9. The van der Waals surface area contributed by atoms with Crippen molar-refractivity contribution in [3.8, 4) is 5.75 Å². The fourth-order valence-electron chi connectivity index (χ4n) is 3.50. The standard InChI is InChI=1S/C21H26N3O16P3/c25-15-6-3-13(4-7-15)5-8-18(27)22-9-1-2-14-11-24(21(29)23-20(14)28)19-10-16(26)17(38-19)12-37-42(33,34)40-43(35,36)39-41(30,31)32/h1-8,11,16-17,19,25-26H,9-10,12H2,(H,22,27)(H,33,34)(H,35,36)(H,23,28,29)(H2,30,31,32)/b2-1+,8-5+/t16-,17+,19+/m0/s1. The summed E-state index contributed by atoms with van der Waals surface area (Å²) in [7, 11) is -16.8. The van der Waals surface area contributed by atoms with Crippen LogP contribution in [0.1, 0.15) is 23.8 Å². The minimum absolute atomic E-state index is 0.00136. The molecule has 2 heterocycles. The number of phosphoric acid groups is 3. The minimum Gasteiger partial charge on any atom is -0.508 e. The summed E-state index contributed by atoms with van der Waals surface area (Å²) in [6.45, 7) is -0.953. The molecule has 1 fully saturated rings. The molecule has 0 bridgehead atoms. The number of phosphoric ester groups is 1. The van der Waals surface area contributed by atoms with Gasteiger partial charge in [0.1, 0.15) is 18.1 Å². The van der Waals surface area contributed by atoms with E-state index in [2.05, 4.69) is 23.4 Å². The maximum atomic E-state index is 12.4. The van der Waals surface area contributed by atoms with E-state index in [0.717, 1.165) is 10.8 Å². The highest BCUT2D eigenvalue weighted by atomic mass is 31.3. The Kier molecular flexibility index (Phi) is 11.4. The van der Waals surface area contributed by atoms with Crippen LogP contribution in [-0.2, 0) is 36.4 Å². The largest absolute Gasteiger partial charge is 0.508 e. The number of hydrogen-bond acceptors (Lipinski definition) is 12. The molecule has 2 unspecified atom stereocenters. The predicted octanol–water partition coefficient (Wildman–Crippen LogP) is 0.0767. The van der Waals surface area contributed by atoms with Crippen LogP contribution in [0.25, 0.3) is 12.2 Å². The number of H-pyrrole nitrogens is 1. The molecule has 1 amide bonds. The summed E-state index contributed by atoms with van der Waals surface area (Å²) < 4.78 is 52.1. The Labute approximate surface area is 241 Å². The topological polar surface area (TPSA) is 293 Å². The van der Waals surface area contributed by atoms with E-state index in [9.17, 15) is 48.1 Å². The zero-order chi connectivity index (χ0) is 32.0. The van der Waals surface area contributed by atoms with Crippen LogP contribution >= 0.6 is 23.5 Å². The molecule has 1 aromatic heterocycles. The maximum Gasteiger partial charge on any atom is 0.490 e. The number of aliphatic hydroxyl groups is 1. The molecule has 0 spiro atoms. The zero-order valence-corrected chi connectivity index (χ0v) is 24.3. The molecule has 0 saturated carbocycles. The van der Waals surface area contributed by atoms with E-state index in [4.69, 9.17) is 14.5 Å². The molecule has 3 rings (SSSR count). The normalized spacial score (nSPS) is 22.0. The van der Waals surface area contributed by atoms with E-state index in [1.54, 1.807) is 12.1 Å². The summed E-state index contributed by atoms with van der Waals surface area (Å²) in [6.07, 6.45) is 2.29. The van der Waals surface area contributed by atoms with Crippen molar-refractivity contribution in [1.29, 1.82) is 0 Å². The van der Waals surface area contributed by atoms with Crippen LogP contribution in [0.5, 0.6) is 5.75 Å². The Morgan fingerprint density at radius 1 is 1.07 bits per heavy atom. The van der Waals surface area contributed by atoms with Gasteiger partial charge in [-0.1, -0.05) is 24.3 Å². The molecule has 1 aromatic carbocycles. The van der Waals surface area contributed by atoms with Gasteiger partial charge < -0.3 is 39.8 Å². The molecule has 22 heteroatoms. The molecule has 0 radical (unpaired) electrons. The van der Waals surface area contributed by atoms with Crippen molar-refractivity contribution in [3.63, 3.8) is 0 Å². The molecule has 1 aliphatic heterocycles. The number of carbonyl (C=O) groups excluding carboxylic acids is 1. The highest BCUT2D eigenvalue weighted by Gasteiger charge is 2.43. The van der Waals surface area contributed by atoms with Crippen LogP contribution < -0.4 is 16.6 Å². The number of phenolic OH excluding ortho intramolecular Hbond substituents is 1. The van der Waals surface area contributed by atoms with E-state index in [1.165, 1.54) is 36.4 Å². The monoisotopic (exact) mass is 669 g/mol. The summed E-state index contributed by atoms with van der Waals surface area (Å²) in [5.74, 6) is -0.374. The SMILES string of the molecule is O=C(/C=C/c1ccc(O)cc1)NC/C=C/c1cn([C@H]2C[C@H](O)[C@@H](COP(=O)(O)OP(=O)(O)OP(=O)(O)O)O2)c(=O)[nH]c1=O. The third-order valence-corrected chi connectivity index (χ3v) is 9.14. The van der Waals surface area contributed by atoms with E-state index in [0.29, 0.717) is 5.56 Å². The van der Waals surface area contributed by atoms with Crippen molar-refractivity contribution in [2.45, 2.75) is 24.9 Å². The van der Waals surface area contributed by atoms with Crippen molar-refractivity contribution in [1.82, 2.24) is 14.9 Å². The van der Waals surface area contributed by atoms with Crippen molar-refractivity contribution in [2.24, 2.45) is 0 Å². The van der Waals surface area contributed by atoms with Gasteiger partial charge in [-0.15, -0.1) is 0 Å². The van der Waals surface area contributed by atoms with Crippen LogP contribution in [0.4, 0.5) is 0 Å². The summed E-state index contributed by atoms with van der Waals surface area (Å²) >= 11 is 0. The first-order valence-electron chi connectivity index (χ1n) is 11.8. The molecule has 0 aliphatic carbocycles. The van der Waals surface area contributed by atoms with Crippen LogP contribution in [0, 0.1) is 0 Å². The average molecular weight is 669 g/mol. The van der Waals surface area contributed by atoms with Crippen molar-refractivity contribution >= 4 is 41.5 Å². The number of aliphatic hydroxyl groups excluding tert-OH is 1. The van der Waals surface area contributed by atoms with Gasteiger partial charge in [0.05, 0.1) is 18.3 Å². The Morgan fingerprint density at radius 2 is 1.74 bits per heavy atom. The maximum absolute atomic E-state index is 12.4. The van der Waals surface area contributed by atoms with Gasteiger partial charge in [-0.2, -0.15) is 8.62 Å². The fraction of sp³-hybridized carbons (Fsp3) is 0.286. The molecule has 19 nitrogen and oxygen atoms in total. The Balaban J connectivity index is 1.59. The molecule has 1 saturated heterocycles. The van der Waals surface area contributed by atoms with Gasteiger partial charge in [-0.3, -0.25) is 23.7 Å². The van der Waals surface area contributed by atoms with Gasteiger partial charge in [0.15, 0.2) is 0 Å². The van der Waals surface area contributed by atoms with Crippen LogP contribution in [-0.4, -0.2) is 70.6 Å². The average Bonchev–Trinajstić information content (AvgIpc) is 3.24. The van der Waals surface area contributed by atoms with Crippen molar-refractivity contribution < 1.29 is 66.2 Å². The fourth-order valence-corrected chi connectivity index (χ4v) is 6.53. The number of amides is 1. The number of carbonyl (C=O) groups is 1. The molecule has 236 valence electrons. The molecular weight excluding hydrogens is 643 g/mol. The predicted molar refractivity (Wildman–Crippen MR) is 145 cm³/mol. The second kappa shape index (κ2) is 14.2.